The van der Waals surface area contributed by atoms with E-state index in [1.807, 2.05) is 13.8 Å². The quantitative estimate of drug-likeness (QED) is 0.873. The molecule has 0 spiro atoms. The van der Waals surface area contributed by atoms with Gasteiger partial charge in [-0.3, -0.25) is 0 Å². The molecule has 0 bridgehead atoms. The van der Waals surface area contributed by atoms with Crippen LogP contribution in [0.3, 0.4) is 0 Å². The second kappa shape index (κ2) is 6.15. The van der Waals surface area contributed by atoms with Crippen LogP contribution in [0.25, 0.3) is 0 Å². The lowest BCUT2D eigenvalue weighted by atomic mass is 10.1. The maximum Gasteiger partial charge on any atom is 0.341 e. The molecule has 0 amide bonds. The summed E-state index contributed by atoms with van der Waals surface area (Å²) in [5, 5.41) is 9.03. The first-order valence-corrected chi connectivity index (χ1v) is 6.22. The Labute approximate surface area is 114 Å². The molecule has 0 fully saturated rings. The summed E-state index contributed by atoms with van der Waals surface area (Å²) < 4.78 is 11.2. The summed E-state index contributed by atoms with van der Waals surface area (Å²) in [6.07, 6.45) is 2.14. The first-order valence-electron chi connectivity index (χ1n) is 5.42. The van der Waals surface area contributed by atoms with Crippen LogP contribution < -0.4 is 4.74 Å². The van der Waals surface area contributed by atoms with E-state index in [-0.39, 0.29) is 17.0 Å². The van der Waals surface area contributed by atoms with Gasteiger partial charge < -0.3 is 14.6 Å². The zero-order valence-corrected chi connectivity index (χ0v) is 12.2. The molecule has 6 heteroatoms. The molecule has 1 rings (SSSR count). The molecule has 0 radical (unpaired) electrons. The smallest absolute Gasteiger partial charge is 0.341 e. The van der Waals surface area contributed by atoms with Gasteiger partial charge in [0.2, 0.25) is 5.88 Å². The maximum atomic E-state index is 11.0. The fraction of sp³-hybridized carbons (Fsp3) is 0.500. The molecule has 1 aromatic rings. The summed E-state index contributed by atoms with van der Waals surface area (Å²) >= 11 is 3.17. The van der Waals surface area contributed by atoms with Crippen molar-refractivity contribution < 1.29 is 19.4 Å². The van der Waals surface area contributed by atoms with E-state index < -0.39 is 5.97 Å². The van der Waals surface area contributed by atoms with Crippen molar-refractivity contribution in [3.05, 3.63) is 22.3 Å². The number of carboxylic acids is 1. The molecule has 0 unspecified atom stereocenters. The lowest BCUT2D eigenvalue weighted by Crippen LogP contribution is -2.25. The Balaban J connectivity index is 2.70. The van der Waals surface area contributed by atoms with E-state index in [1.54, 1.807) is 7.11 Å². The van der Waals surface area contributed by atoms with E-state index in [1.165, 1.54) is 12.3 Å². The number of nitrogens with zero attached hydrogens (tertiary/aromatic N) is 1. The van der Waals surface area contributed by atoms with Crippen molar-refractivity contribution >= 4 is 21.9 Å². The maximum absolute atomic E-state index is 11.0. The van der Waals surface area contributed by atoms with Crippen molar-refractivity contribution in [2.75, 3.05) is 13.7 Å². The Morgan fingerprint density at radius 2 is 2.22 bits per heavy atom. The van der Waals surface area contributed by atoms with Crippen molar-refractivity contribution in [2.45, 2.75) is 25.9 Å². The van der Waals surface area contributed by atoms with E-state index >= 15 is 0 Å². The lowest BCUT2D eigenvalue weighted by molar-refractivity contribution is 0.00499. The molecule has 1 N–H and O–H groups in total. The zero-order valence-electron chi connectivity index (χ0n) is 10.6. The zero-order chi connectivity index (χ0) is 13.8. The van der Waals surface area contributed by atoms with Crippen LogP contribution in [0.15, 0.2) is 16.7 Å². The van der Waals surface area contributed by atoms with E-state index in [4.69, 9.17) is 14.6 Å². The van der Waals surface area contributed by atoms with Crippen LogP contribution >= 0.6 is 15.9 Å². The first-order chi connectivity index (χ1) is 8.35. The predicted octanol–water partition coefficient (Wildman–Crippen LogP) is 2.74. The third kappa shape index (κ3) is 4.27. The molecule has 18 heavy (non-hydrogen) atoms. The molecule has 0 aromatic carbocycles. The van der Waals surface area contributed by atoms with E-state index in [2.05, 4.69) is 20.9 Å². The number of methoxy groups -OCH3 is 1. The first kappa shape index (κ1) is 14.9. The standard InChI is InChI=1S/C12H16BrNO4/c1-12(2,17-3)4-5-18-10-9(11(15)16)6-8(13)7-14-10/h6-7H,4-5H2,1-3H3,(H,15,16). The lowest BCUT2D eigenvalue weighted by Gasteiger charge is -2.22. The van der Waals surface area contributed by atoms with Gasteiger partial charge in [-0.15, -0.1) is 0 Å². The largest absolute Gasteiger partial charge is 0.477 e. The fourth-order valence-corrected chi connectivity index (χ4v) is 1.52. The van der Waals surface area contributed by atoms with Crippen LogP contribution in [0.4, 0.5) is 0 Å². The summed E-state index contributed by atoms with van der Waals surface area (Å²) in [5.74, 6) is -0.942. The van der Waals surface area contributed by atoms with E-state index in [0.29, 0.717) is 17.5 Å². The van der Waals surface area contributed by atoms with Gasteiger partial charge in [-0.2, -0.15) is 0 Å². The van der Waals surface area contributed by atoms with Crippen LogP contribution in [0, 0.1) is 0 Å². The van der Waals surface area contributed by atoms with Crippen LogP contribution in [-0.2, 0) is 4.74 Å². The number of rotatable bonds is 6. The third-order valence-corrected chi connectivity index (χ3v) is 2.98. The van der Waals surface area contributed by atoms with Crippen molar-refractivity contribution in [3.8, 4) is 5.88 Å². The highest BCUT2D eigenvalue weighted by Crippen LogP contribution is 2.21. The van der Waals surface area contributed by atoms with E-state index in [9.17, 15) is 4.79 Å². The van der Waals surface area contributed by atoms with Gasteiger partial charge >= 0.3 is 5.97 Å². The van der Waals surface area contributed by atoms with Gasteiger partial charge in [0.1, 0.15) is 5.56 Å². The molecule has 0 aliphatic carbocycles. The predicted molar refractivity (Wildman–Crippen MR) is 70.1 cm³/mol. The van der Waals surface area contributed by atoms with Gasteiger partial charge in [0.05, 0.1) is 12.2 Å². The molecule has 0 aliphatic rings. The van der Waals surface area contributed by atoms with Crippen molar-refractivity contribution in [3.63, 3.8) is 0 Å². The van der Waals surface area contributed by atoms with Crippen molar-refractivity contribution in [1.29, 1.82) is 0 Å². The monoisotopic (exact) mass is 317 g/mol. The second-order valence-corrected chi connectivity index (χ2v) is 5.29. The van der Waals surface area contributed by atoms with Gasteiger partial charge in [0, 0.05) is 24.2 Å². The van der Waals surface area contributed by atoms with E-state index in [0.717, 1.165) is 0 Å². The van der Waals surface area contributed by atoms with Crippen LogP contribution in [-0.4, -0.2) is 35.4 Å². The highest BCUT2D eigenvalue weighted by Gasteiger charge is 2.18. The van der Waals surface area contributed by atoms with Crippen molar-refractivity contribution in [2.24, 2.45) is 0 Å². The molecule has 0 aliphatic heterocycles. The summed E-state index contributed by atoms with van der Waals surface area (Å²) in [7, 11) is 1.63. The van der Waals surface area contributed by atoms with Crippen LogP contribution in [0.2, 0.25) is 0 Å². The normalized spacial score (nSPS) is 11.3. The number of hydrogen-bond donors (Lipinski definition) is 1. The minimum atomic E-state index is -1.06. The molecular weight excluding hydrogens is 302 g/mol. The molecule has 0 atom stereocenters. The Kier molecular flexibility index (Phi) is 5.10. The molecule has 0 saturated carbocycles. The average molecular weight is 318 g/mol. The van der Waals surface area contributed by atoms with Crippen LogP contribution in [0.1, 0.15) is 30.6 Å². The number of ether oxygens (including phenoxy) is 2. The minimum Gasteiger partial charge on any atom is -0.477 e. The third-order valence-electron chi connectivity index (χ3n) is 2.54. The van der Waals surface area contributed by atoms with Crippen molar-refractivity contribution in [1.82, 2.24) is 4.98 Å². The molecule has 5 nitrogen and oxygen atoms in total. The molecular formula is C12H16BrNO4. The molecule has 1 aromatic heterocycles. The number of aromatic nitrogens is 1. The number of carbonyl (C=O) groups is 1. The average Bonchev–Trinajstić information content (AvgIpc) is 2.30. The highest BCUT2D eigenvalue weighted by atomic mass is 79.9. The Bertz CT molecular complexity index is 434. The summed E-state index contributed by atoms with van der Waals surface area (Å²) in [6.45, 7) is 4.21. The van der Waals surface area contributed by atoms with Crippen LogP contribution in [0.5, 0.6) is 5.88 Å². The number of carboxylic acid groups (broad SMARTS) is 1. The van der Waals surface area contributed by atoms with Gasteiger partial charge in [-0.25, -0.2) is 9.78 Å². The topological polar surface area (TPSA) is 68.7 Å². The van der Waals surface area contributed by atoms with Gasteiger partial charge in [-0.1, -0.05) is 0 Å². The Morgan fingerprint density at radius 1 is 1.56 bits per heavy atom. The second-order valence-electron chi connectivity index (χ2n) is 4.37. The Morgan fingerprint density at radius 3 is 2.78 bits per heavy atom. The summed E-state index contributed by atoms with van der Waals surface area (Å²) in [6, 6.07) is 1.46. The number of aromatic carboxylic acids is 1. The van der Waals surface area contributed by atoms with Gasteiger partial charge in [0.15, 0.2) is 0 Å². The molecule has 1 heterocycles. The Hall–Kier alpha value is -1.14. The highest BCUT2D eigenvalue weighted by molar-refractivity contribution is 9.10. The minimum absolute atomic E-state index is 0.0413. The summed E-state index contributed by atoms with van der Waals surface area (Å²) in [5.41, 5.74) is -0.266. The number of halogens is 1. The molecule has 100 valence electrons. The number of pyridine rings is 1. The molecule has 0 saturated heterocycles. The van der Waals surface area contributed by atoms with Gasteiger partial charge in [-0.05, 0) is 35.8 Å². The summed E-state index contributed by atoms with van der Waals surface area (Å²) in [4.78, 5) is 15.0. The fourth-order valence-electron chi connectivity index (χ4n) is 1.19. The number of hydrogen-bond acceptors (Lipinski definition) is 4. The SMILES string of the molecule is COC(C)(C)CCOc1ncc(Br)cc1C(=O)O. The van der Waals surface area contributed by atoms with Gasteiger partial charge in [0.25, 0.3) is 0 Å².